The number of nitriles is 2. The number of rotatable bonds is 3. The van der Waals surface area contributed by atoms with Crippen molar-refractivity contribution < 1.29 is 21.6 Å². The van der Waals surface area contributed by atoms with Crippen LogP contribution in [-0.2, 0) is 10.0 Å². The number of anilines is 1. The van der Waals surface area contributed by atoms with Gasteiger partial charge in [0.05, 0.1) is 4.90 Å². The number of nitrogens with zero attached hydrogens (tertiary/aromatic N) is 2. The molecule has 0 saturated heterocycles. The van der Waals surface area contributed by atoms with Crippen LogP contribution in [0.5, 0.6) is 0 Å². The van der Waals surface area contributed by atoms with Crippen LogP contribution in [0.2, 0.25) is 0 Å². The minimum atomic E-state index is -4.38. The maximum atomic E-state index is 14.2. The van der Waals surface area contributed by atoms with Crippen LogP contribution in [0.3, 0.4) is 0 Å². The highest BCUT2D eigenvalue weighted by molar-refractivity contribution is 7.92. The van der Waals surface area contributed by atoms with E-state index in [2.05, 4.69) is 0 Å². The van der Waals surface area contributed by atoms with Gasteiger partial charge in [0.1, 0.15) is 29.0 Å². The van der Waals surface area contributed by atoms with E-state index in [4.69, 9.17) is 10.5 Å². The van der Waals surface area contributed by atoms with Crippen molar-refractivity contribution in [3.63, 3.8) is 0 Å². The summed E-state index contributed by atoms with van der Waals surface area (Å²) in [5.74, 6) is -5.33. The molecule has 2 aromatic rings. The van der Waals surface area contributed by atoms with Crippen molar-refractivity contribution in [2.45, 2.75) is 11.8 Å². The average molecular weight is 351 g/mol. The predicted molar refractivity (Wildman–Crippen MR) is 77.7 cm³/mol. The zero-order valence-corrected chi connectivity index (χ0v) is 12.9. The summed E-state index contributed by atoms with van der Waals surface area (Å²) in [7, 11) is -4.38. The fraction of sp³-hybridized carbons (Fsp3) is 0.0667. The van der Waals surface area contributed by atoms with Crippen LogP contribution in [0.15, 0.2) is 29.2 Å². The van der Waals surface area contributed by atoms with E-state index < -0.39 is 44.3 Å². The second-order valence-corrected chi connectivity index (χ2v) is 6.39. The van der Waals surface area contributed by atoms with Gasteiger partial charge in [-0.2, -0.15) is 10.5 Å². The number of halogens is 3. The Morgan fingerprint density at radius 2 is 1.42 bits per heavy atom. The normalized spacial score (nSPS) is 10.8. The molecule has 1 N–H and O–H groups in total. The molecular formula is C15H8F3N3O2S. The first kappa shape index (κ1) is 17.3. The number of nitrogens with one attached hydrogen (secondary N) is 1. The molecule has 0 atom stereocenters. The lowest BCUT2D eigenvalue weighted by Crippen LogP contribution is -2.17. The Morgan fingerprint density at radius 3 is 1.92 bits per heavy atom. The van der Waals surface area contributed by atoms with Gasteiger partial charge in [0.2, 0.25) is 0 Å². The molecule has 0 aliphatic rings. The third-order valence-corrected chi connectivity index (χ3v) is 4.48. The minimum Gasteiger partial charge on any atom is -0.275 e. The highest BCUT2D eigenvalue weighted by Crippen LogP contribution is 2.30. The van der Waals surface area contributed by atoms with Crippen molar-refractivity contribution in [3.05, 3.63) is 58.4 Å². The molecule has 24 heavy (non-hydrogen) atoms. The molecular weight excluding hydrogens is 343 g/mol. The number of hydrogen-bond donors (Lipinski definition) is 1. The largest absolute Gasteiger partial charge is 0.275 e. The molecule has 0 radical (unpaired) electrons. The molecule has 0 aliphatic heterocycles. The Morgan fingerprint density at radius 1 is 0.917 bits per heavy atom. The van der Waals surface area contributed by atoms with Gasteiger partial charge in [0.25, 0.3) is 10.0 Å². The van der Waals surface area contributed by atoms with E-state index in [1.165, 1.54) is 30.3 Å². The Labute approximate surface area is 135 Å². The smallest absolute Gasteiger partial charge is 0.262 e. The van der Waals surface area contributed by atoms with Crippen LogP contribution < -0.4 is 4.72 Å². The monoisotopic (exact) mass is 351 g/mol. The molecule has 122 valence electrons. The Kier molecular flexibility index (Phi) is 4.49. The number of aryl methyl sites for hydroxylation is 1. The predicted octanol–water partition coefficient (Wildman–Crippen LogP) is 2.96. The first-order valence-electron chi connectivity index (χ1n) is 6.33. The van der Waals surface area contributed by atoms with Gasteiger partial charge in [0, 0.05) is 0 Å². The van der Waals surface area contributed by atoms with Crippen molar-refractivity contribution in [2.24, 2.45) is 0 Å². The third kappa shape index (κ3) is 2.90. The Hall–Kier alpha value is -3.04. The molecule has 0 aliphatic carbocycles. The lowest BCUT2D eigenvalue weighted by molar-refractivity contribution is 0.490. The number of hydrogen-bond acceptors (Lipinski definition) is 4. The minimum absolute atomic E-state index is 0.278. The summed E-state index contributed by atoms with van der Waals surface area (Å²) in [6.07, 6.45) is 0. The van der Waals surface area contributed by atoms with Gasteiger partial charge in [-0.25, -0.2) is 21.6 Å². The molecule has 0 unspecified atom stereocenters. The molecule has 2 rings (SSSR count). The van der Waals surface area contributed by atoms with E-state index in [1.54, 1.807) is 11.6 Å². The standard InChI is InChI=1S/C15H8F3N3O2S/c1-8-2-4-9(5-3-8)24(22,23)21-15-11(7-20)13(17)12(16)10(6-19)14(15)18/h2-5,21H,1H3. The zero-order chi connectivity index (χ0) is 18.1. The van der Waals surface area contributed by atoms with E-state index in [9.17, 15) is 21.6 Å². The molecule has 0 saturated carbocycles. The van der Waals surface area contributed by atoms with Crippen molar-refractivity contribution in [1.82, 2.24) is 0 Å². The van der Waals surface area contributed by atoms with E-state index in [0.717, 1.165) is 11.6 Å². The molecule has 5 nitrogen and oxygen atoms in total. The van der Waals surface area contributed by atoms with Gasteiger partial charge in [0.15, 0.2) is 17.5 Å². The fourth-order valence-electron chi connectivity index (χ4n) is 1.87. The second kappa shape index (κ2) is 6.22. The van der Waals surface area contributed by atoms with E-state index in [0.29, 0.717) is 0 Å². The summed E-state index contributed by atoms with van der Waals surface area (Å²) < 4.78 is 67.6. The lowest BCUT2D eigenvalue weighted by Gasteiger charge is -2.12. The van der Waals surface area contributed by atoms with E-state index in [1.807, 2.05) is 0 Å². The first-order valence-corrected chi connectivity index (χ1v) is 7.81. The molecule has 0 heterocycles. The topological polar surface area (TPSA) is 93.8 Å². The summed E-state index contributed by atoms with van der Waals surface area (Å²) in [4.78, 5) is -0.278. The highest BCUT2D eigenvalue weighted by atomic mass is 32.2. The Bertz CT molecular complexity index is 1000. The third-order valence-electron chi connectivity index (χ3n) is 3.11. The van der Waals surface area contributed by atoms with Gasteiger partial charge < -0.3 is 0 Å². The quantitative estimate of drug-likeness (QED) is 0.860. The summed E-state index contributed by atoms with van der Waals surface area (Å²) in [5, 5.41) is 17.6. The summed E-state index contributed by atoms with van der Waals surface area (Å²) in [5.41, 5.74) is -2.86. The van der Waals surface area contributed by atoms with Crippen molar-refractivity contribution in [1.29, 1.82) is 10.5 Å². The highest BCUT2D eigenvalue weighted by Gasteiger charge is 2.28. The summed E-state index contributed by atoms with van der Waals surface area (Å²) in [6, 6.07) is 7.66. The average Bonchev–Trinajstić information content (AvgIpc) is 2.54. The van der Waals surface area contributed by atoms with Crippen LogP contribution in [0, 0.1) is 47.0 Å². The number of sulfonamides is 1. The van der Waals surface area contributed by atoms with Gasteiger partial charge >= 0.3 is 0 Å². The zero-order valence-electron chi connectivity index (χ0n) is 12.1. The second-order valence-electron chi connectivity index (χ2n) is 4.71. The molecule has 9 heteroatoms. The van der Waals surface area contributed by atoms with Crippen molar-refractivity contribution in [3.8, 4) is 12.1 Å². The maximum absolute atomic E-state index is 14.2. The SMILES string of the molecule is Cc1ccc(S(=O)(=O)Nc2c(F)c(C#N)c(F)c(F)c2C#N)cc1. The van der Waals surface area contributed by atoms with Crippen molar-refractivity contribution in [2.75, 3.05) is 4.72 Å². The van der Waals surface area contributed by atoms with Gasteiger partial charge in [-0.05, 0) is 19.1 Å². The molecule has 2 aromatic carbocycles. The molecule has 0 fully saturated rings. The van der Waals surface area contributed by atoms with Crippen molar-refractivity contribution >= 4 is 15.7 Å². The lowest BCUT2D eigenvalue weighted by atomic mass is 10.1. The van der Waals surface area contributed by atoms with Crippen LogP contribution in [0.25, 0.3) is 0 Å². The summed E-state index contributed by atoms with van der Waals surface area (Å²) >= 11 is 0. The molecule has 0 amide bonds. The van der Waals surface area contributed by atoms with Gasteiger partial charge in [-0.3, -0.25) is 4.72 Å². The molecule has 0 aromatic heterocycles. The van der Waals surface area contributed by atoms with E-state index >= 15 is 0 Å². The first-order chi connectivity index (χ1) is 11.2. The van der Waals surface area contributed by atoms with Crippen LogP contribution in [0.4, 0.5) is 18.9 Å². The van der Waals surface area contributed by atoms with Gasteiger partial charge in [-0.15, -0.1) is 0 Å². The Balaban J connectivity index is 2.66. The fourth-order valence-corrected chi connectivity index (χ4v) is 2.94. The number of benzene rings is 2. The van der Waals surface area contributed by atoms with E-state index in [-0.39, 0.29) is 4.90 Å². The van der Waals surface area contributed by atoms with Crippen LogP contribution >= 0.6 is 0 Å². The summed E-state index contributed by atoms with van der Waals surface area (Å²) in [6.45, 7) is 1.71. The van der Waals surface area contributed by atoms with Gasteiger partial charge in [-0.1, -0.05) is 17.7 Å². The van der Waals surface area contributed by atoms with Crippen LogP contribution in [0.1, 0.15) is 16.7 Å². The van der Waals surface area contributed by atoms with Crippen LogP contribution in [-0.4, -0.2) is 8.42 Å². The molecule has 0 spiro atoms. The maximum Gasteiger partial charge on any atom is 0.262 e. The molecule has 0 bridgehead atoms.